The Balaban J connectivity index is 1.63. The molecule has 0 aliphatic heterocycles. The number of hydrogen-bond acceptors (Lipinski definition) is 4. The molecular formula is C19H20ClN3OS. The fourth-order valence-electron chi connectivity index (χ4n) is 2.63. The fraction of sp³-hybridized carbons (Fsp3) is 0.263. The molecule has 1 N–H and O–H groups in total. The van der Waals surface area contributed by atoms with Crippen LogP contribution in [0.25, 0.3) is 10.9 Å². The molecule has 0 unspecified atom stereocenters. The number of nitrogens with zero attached hydrogens (tertiary/aromatic N) is 2. The zero-order valence-electron chi connectivity index (χ0n) is 14.0. The number of carbonyl (C=O) groups excluding carboxylic acids is 1. The number of aromatic nitrogens is 1. The average Bonchev–Trinajstić information content (AvgIpc) is 3.13. The topological polar surface area (TPSA) is 45.2 Å². The number of likely N-dealkylation sites (N-methyl/N-ethyl adjacent to an activating group) is 1. The van der Waals surface area contributed by atoms with Gasteiger partial charge in [0.2, 0.25) is 5.91 Å². The summed E-state index contributed by atoms with van der Waals surface area (Å²) in [6.07, 6.45) is 0. The summed E-state index contributed by atoms with van der Waals surface area (Å²) in [6.45, 7) is 4.31. The van der Waals surface area contributed by atoms with E-state index in [0.717, 1.165) is 27.9 Å². The molecule has 25 heavy (non-hydrogen) atoms. The molecule has 4 nitrogen and oxygen atoms in total. The van der Waals surface area contributed by atoms with Crippen LogP contribution >= 0.6 is 22.9 Å². The summed E-state index contributed by atoms with van der Waals surface area (Å²) in [7, 11) is 0. The van der Waals surface area contributed by atoms with Crippen LogP contribution in [0.2, 0.25) is 5.15 Å². The monoisotopic (exact) mass is 373 g/mol. The Bertz CT molecular complexity index is 851. The Morgan fingerprint density at radius 3 is 2.88 bits per heavy atom. The Hall–Kier alpha value is -1.95. The third-order valence-electron chi connectivity index (χ3n) is 4.00. The van der Waals surface area contributed by atoms with Crippen molar-refractivity contribution in [3.8, 4) is 0 Å². The highest BCUT2D eigenvalue weighted by molar-refractivity contribution is 7.09. The molecule has 0 aliphatic rings. The number of hydrogen-bond donors (Lipinski definition) is 1. The van der Waals surface area contributed by atoms with Gasteiger partial charge in [-0.2, -0.15) is 0 Å². The summed E-state index contributed by atoms with van der Waals surface area (Å²) in [5.74, 6) is 0.0140. The van der Waals surface area contributed by atoms with Crippen molar-refractivity contribution in [1.29, 1.82) is 0 Å². The molecule has 0 bridgehead atoms. The van der Waals surface area contributed by atoms with E-state index < -0.39 is 0 Å². The number of para-hydroxylation sites is 1. The zero-order valence-corrected chi connectivity index (χ0v) is 15.6. The summed E-state index contributed by atoms with van der Waals surface area (Å²) in [5, 5.41) is 6.52. The van der Waals surface area contributed by atoms with Gasteiger partial charge in [0.15, 0.2) is 0 Å². The second kappa shape index (κ2) is 8.43. The molecule has 0 spiro atoms. The van der Waals surface area contributed by atoms with Crippen molar-refractivity contribution in [3.05, 3.63) is 63.4 Å². The molecule has 0 saturated heterocycles. The Labute approximate surface area is 156 Å². The van der Waals surface area contributed by atoms with E-state index in [4.69, 9.17) is 11.6 Å². The normalized spacial score (nSPS) is 11.2. The van der Waals surface area contributed by atoms with Gasteiger partial charge < -0.3 is 5.32 Å². The second-order valence-corrected chi connectivity index (χ2v) is 7.18. The second-order valence-electron chi connectivity index (χ2n) is 5.79. The molecule has 6 heteroatoms. The third-order valence-corrected chi connectivity index (χ3v) is 5.20. The molecule has 1 amide bonds. The quantitative estimate of drug-likeness (QED) is 0.634. The minimum Gasteiger partial charge on any atom is -0.350 e. The number of rotatable bonds is 7. The molecule has 0 fully saturated rings. The summed E-state index contributed by atoms with van der Waals surface area (Å²) in [4.78, 5) is 19.9. The third kappa shape index (κ3) is 4.78. The van der Waals surface area contributed by atoms with Gasteiger partial charge in [0.1, 0.15) is 5.15 Å². The minimum absolute atomic E-state index is 0.0140. The Morgan fingerprint density at radius 2 is 2.12 bits per heavy atom. The van der Waals surface area contributed by atoms with Crippen LogP contribution in [0, 0.1) is 0 Å². The van der Waals surface area contributed by atoms with Gasteiger partial charge in [-0.05, 0) is 30.1 Å². The first-order valence-electron chi connectivity index (χ1n) is 8.21. The molecule has 3 rings (SSSR count). The standard InChI is InChI=1S/C19H20ClN3OS/c1-2-23(13-18(24)21-11-16-7-5-9-25-16)12-15-10-14-6-3-4-8-17(14)22-19(15)20/h3-10H,2,11-13H2,1H3,(H,21,24). The fourth-order valence-corrected chi connectivity index (χ4v) is 3.48. The SMILES string of the molecule is CCN(CC(=O)NCc1cccs1)Cc1cc2ccccc2nc1Cl. The van der Waals surface area contributed by atoms with Gasteiger partial charge in [-0.15, -0.1) is 11.3 Å². The Kier molecular flexibility index (Phi) is 6.02. The summed E-state index contributed by atoms with van der Waals surface area (Å²) in [6, 6.07) is 13.9. The maximum Gasteiger partial charge on any atom is 0.234 e. The Morgan fingerprint density at radius 1 is 1.28 bits per heavy atom. The van der Waals surface area contributed by atoms with Gasteiger partial charge in [0.25, 0.3) is 0 Å². The molecule has 0 aliphatic carbocycles. The average molecular weight is 374 g/mol. The maximum absolute atomic E-state index is 12.2. The largest absolute Gasteiger partial charge is 0.350 e. The van der Waals surface area contributed by atoms with E-state index >= 15 is 0 Å². The van der Waals surface area contributed by atoms with E-state index in [1.807, 2.05) is 48.7 Å². The van der Waals surface area contributed by atoms with E-state index in [9.17, 15) is 4.79 Å². The van der Waals surface area contributed by atoms with Crippen molar-refractivity contribution in [1.82, 2.24) is 15.2 Å². The number of pyridine rings is 1. The highest BCUT2D eigenvalue weighted by atomic mass is 35.5. The number of fused-ring (bicyclic) bond motifs is 1. The first kappa shape index (κ1) is 17.9. The van der Waals surface area contributed by atoms with Crippen molar-refractivity contribution < 1.29 is 4.79 Å². The van der Waals surface area contributed by atoms with Gasteiger partial charge >= 0.3 is 0 Å². The van der Waals surface area contributed by atoms with Gasteiger partial charge in [-0.25, -0.2) is 4.98 Å². The number of benzene rings is 1. The molecule has 130 valence electrons. The van der Waals surface area contributed by atoms with Crippen LogP contribution in [0.15, 0.2) is 47.8 Å². The van der Waals surface area contributed by atoms with E-state index in [1.165, 1.54) is 0 Å². The van der Waals surface area contributed by atoms with E-state index in [-0.39, 0.29) is 5.91 Å². The highest BCUT2D eigenvalue weighted by Gasteiger charge is 2.13. The van der Waals surface area contributed by atoms with E-state index in [0.29, 0.717) is 24.8 Å². The maximum atomic E-state index is 12.2. The number of thiophene rings is 1. The molecule has 1 aromatic carbocycles. The van der Waals surface area contributed by atoms with Gasteiger partial charge in [0, 0.05) is 22.4 Å². The van der Waals surface area contributed by atoms with Crippen molar-refractivity contribution in [3.63, 3.8) is 0 Å². The lowest BCUT2D eigenvalue weighted by molar-refractivity contribution is -0.122. The van der Waals surface area contributed by atoms with Crippen molar-refractivity contribution >= 4 is 39.7 Å². The minimum atomic E-state index is 0.0140. The van der Waals surface area contributed by atoms with Crippen LogP contribution < -0.4 is 5.32 Å². The van der Waals surface area contributed by atoms with Crippen molar-refractivity contribution in [2.45, 2.75) is 20.0 Å². The lowest BCUT2D eigenvalue weighted by Crippen LogP contribution is -2.36. The number of carbonyl (C=O) groups is 1. The predicted octanol–water partition coefficient (Wildman–Crippen LogP) is 4.09. The molecule has 0 radical (unpaired) electrons. The molecular weight excluding hydrogens is 354 g/mol. The molecule has 0 atom stereocenters. The van der Waals surface area contributed by atoms with Crippen LogP contribution in [-0.2, 0) is 17.9 Å². The van der Waals surface area contributed by atoms with Crippen LogP contribution in [0.5, 0.6) is 0 Å². The molecule has 3 aromatic rings. The molecule has 2 heterocycles. The first-order valence-corrected chi connectivity index (χ1v) is 9.47. The molecule has 2 aromatic heterocycles. The van der Waals surface area contributed by atoms with Crippen molar-refractivity contribution in [2.24, 2.45) is 0 Å². The van der Waals surface area contributed by atoms with Crippen LogP contribution in [0.3, 0.4) is 0 Å². The van der Waals surface area contributed by atoms with Gasteiger partial charge in [-0.3, -0.25) is 9.69 Å². The summed E-state index contributed by atoms with van der Waals surface area (Å²) >= 11 is 7.97. The smallest absolute Gasteiger partial charge is 0.234 e. The van der Waals surface area contributed by atoms with Crippen molar-refractivity contribution in [2.75, 3.05) is 13.1 Å². The number of halogens is 1. The van der Waals surface area contributed by atoms with E-state index in [2.05, 4.69) is 21.3 Å². The summed E-state index contributed by atoms with van der Waals surface area (Å²) in [5.41, 5.74) is 1.82. The van der Waals surface area contributed by atoms with Crippen LogP contribution in [0.1, 0.15) is 17.4 Å². The first-order chi connectivity index (χ1) is 12.2. The number of nitrogens with one attached hydrogen (secondary N) is 1. The number of amides is 1. The van der Waals surface area contributed by atoms with E-state index in [1.54, 1.807) is 11.3 Å². The highest BCUT2D eigenvalue weighted by Crippen LogP contribution is 2.21. The van der Waals surface area contributed by atoms with Gasteiger partial charge in [0.05, 0.1) is 18.6 Å². The van der Waals surface area contributed by atoms with Gasteiger partial charge in [-0.1, -0.05) is 42.8 Å². The summed E-state index contributed by atoms with van der Waals surface area (Å²) < 4.78 is 0. The zero-order chi connectivity index (χ0) is 17.6. The lowest BCUT2D eigenvalue weighted by atomic mass is 10.1. The van der Waals surface area contributed by atoms with Crippen LogP contribution in [0.4, 0.5) is 0 Å². The lowest BCUT2D eigenvalue weighted by Gasteiger charge is -2.20. The van der Waals surface area contributed by atoms with Crippen LogP contribution in [-0.4, -0.2) is 28.9 Å². The predicted molar refractivity (Wildman–Crippen MR) is 104 cm³/mol. The molecule has 0 saturated carbocycles.